The van der Waals surface area contributed by atoms with Gasteiger partial charge in [-0.3, -0.25) is 4.79 Å². The lowest BCUT2D eigenvalue weighted by molar-refractivity contribution is 0.414. The molecule has 5 heterocycles. The Morgan fingerprint density at radius 3 is 2.97 bits per heavy atom. The summed E-state index contributed by atoms with van der Waals surface area (Å²) in [5.41, 5.74) is 2.94. The van der Waals surface area contributed by atoms with Gasteiger partial charge in [-0.15, -0.1) is 0 Å². The molecule has 2 aliphatic heterocycles. The molecule has 0 amide bonds. The Hall–Kier alpha value is -3.19. The minimum absolute atomic E-state index is 0.00733. The molecule has 2 fully saturated rings. The monoisotopic (exact) mass is 428 g/mol. The molecule has 7 heteroatoms. The fourth-order valence-electron chi connectivity index (χ4n) is 5.43. The fraction of sp³-hybridized carbons (Fsp3) is 0.400. The van der Waals surface area contributed by atoms with E-state index in [1.165, 1.54) is 12.8 Å². The number of hydrogen-bond donors (Lipinski definition) is 1. The number of benzene rings is 1. The molecule has 0 saturated carbocycles. The first kappa shape index (κ1) is 19.5. The molecule has 4 aromatic rings. The highest BCUT2D eigenvalue weighted by Gasteiger charge is 2.34. The molecule has 32 heavy (non-hydrogen) atoms. The van der Waals surface area contributed by atoms with Gasteiger partial charge in [-0.25, -0.2) is 9.67 Å². The zero-order valence-corrected chi connectivity index (χ0v) is 18.2. The SMILES string of the molecule is O=c1c2c(N3C[C@H]4CCCNC[C@H]4C3)cccc2cnn1CCc1cn2ccccc2n1. The summed E-state index contributed by atoms with van der Waals surface area (Å²) in [6.07, 6.45) is 9.02. The van der Waals surface area contributed by atoms with Crippen LogP contribution in [-0.2, 0) is 13.0 Å². The summed E-state index contributed by atoms with van der Waals surface area (Å²) in [4.78, 5) is 20.6. The number of imidazole rings is 1. The summed E-state index contributed by atoms with van der Waals surface area (Å²) < 4.78 is 3.61. The van der Waals surface area contributed by atoms with E-state index in [4.69, 9.17) is 0 Å². The summed E-state index contributed by atoms with van der Waals surface area (Å²) in [5.74, 6) is 1.37. The molecule has 7 nitrogen and oxygen atoms in total. The zero-order chi connectivity index (χ0) is 21.5. The van der Waals surface area contributed by atoms with Crippen LogP contribution in [0.4, 0.5) is 5.69 Å². The lowest BCUT2D eigenvalue weighted by Gasteiger charge is -2.21. The highest BCUT2D eigenvalue weighted by molar-refractivity contribution is 5.93. The van der Waals surface area contributed by atoms with E-state index < -0.39 is 0 Å². The van der Waals surface area contributed by atoms with E-state index in [-0.39, 0.29) is 5.56 Å². The molecule has 2 aliphatic rings. The smallest absolute Gasteiger partial charge is 0.276 e. The quantitative estimate of drug-likeness (QED) is 0.541. The third-order valence-corrected chi connectivity index (χ3v) is 7.10. The predicted molar refractivity (Wildman–Crippen MR) is 126 cm³/mol. The van der Waals surface area contributed by atoms with Gasteiger partial charge in [-0.05, 0) is 56.0 Å². The molecule has 0 spiro atoms. The van der Waals surface area contributed by atoms with Gasteiger partial charge in [0.15, 0.2) is 0 Å². The van der Waals surface area contributed by atoms with Gasteiger partial charge in [-0.2, -0.15) is 5.10 Å². The highest BCUT2D eigenvalue weighted by Crippen LogP contribution is 2.34. The molecule has 164 valence electrons. The van der Waals surface area contributed by atoms with Gasteiger partial charge in [0, 0.05) is 37.3 Å². The van der Waals surface area contributed by atoms with Crippen LogP contribution < -0.4 is 15.8 Å². The summed E-state index contributed by atoms with van der Waals surface area (Å²) in [5, 5.41) is 9.76. The number of aromatic nitrogens is 4. The van der Waals surface area contributed by atoms with E-state index in [1.807, 2.05) is 53.3 Å². The van der Waals surface area contributed by atoms with Crippen molar-refractivity contribution in [1.82, 2.24) is 24.5 Å². The first-order chi connectivity index (χ1) is 15.8. The summed E-state index contributed by atoms with van der Waals surface area (Å²) in [7, 11) is 0. The van der Waals surface area contributed by atoms with Crippen molar-refractivity contribution in [2.75, 3.05) is 31.1 Å². The van der Waals surface area contributed by atoms with Crippen molar-refractivity contribution in [3.05, 3.63) is 71.0 Å². The molecule has 3 aromatic heterocycles. The second-order valence-corrected chi connectivity index (χ2v) is 9.13. The minimum Gasteiger partial charge on any atom is -0.370 e. The fourth-order valence-corrected chi connectivity index (χ4v) is 5.43. The van der Waals surface area contributed by atoms with E-state index in [2.05, 4.69) is 26.4 Å². The first-order valence-electron chi connectivity index (χ1n) is 11.6. The Morgan fingerprint density at radius 2 is 2.03 bits per heavy atom. The van der Waals surface area contributed by atoms with Gasteiger partial charge in [-0.1, -0.05) is 18.2 Å². The van der Waals surface area contributed by atoms with Crippen LogP contribution in [0.5, 0.6) is 0 Å². The largest absolute Gasteiger partial charge is 0.370 e. The molecular formula is C25H28N6O. The number of nitrogens with zero attached hydrogens (tertiary/aromatic N) is 5. The molecule has 1 aromatic carbocycles. The lowest BCUT2D eigenvalue weighted by atomic mass is 9.93. The number of anilines is 1. The van der Waals surface area contributed by atoms with Crippen molar-refractivity contribution in [1.29, 1.82) is 0 Å². The van der Waals surface area contributed by atoms with Crippen molar-refractivity contribution in [3.8, 4) is 0 Å². The average molecular weight is 429 g/mol. The molecule has 6 rings (SSSR count). The number of fused-ring (bicyclic) bond motifs is 3. The Kier molecular flexibility index (Phi) is 4.91. The van der Waals surface area contributed by atoms with Crippen LogP contribution in [0, 0.1) is 11.8 Å². The van der Waals surface area contributed by atoms with Crippen LogP contribution in [0.3, 0.4) is 0 Å². The average Bonchev–Trinajstić information content (AvgIpc) is 3.35. The van der Waals surface area contributed by atoms with Gasteiger partial charge in [0.1, 0.15) is 5.65 Å². The number of aryl methyl sites for hydroxylation is 2. The van der Waals surface area contributed by atoms with Crippen LogP contribution in [0.1, 0.15) is 18.5 Å². The van der Waals surface area contributed by atoms with E-state index in [0.29, 0.717) is 24.8 Å². The van der Waals surface area contributed by atoms with Gasteiger partial charge in [0.05, 0.1) is 29.5 Å². The normalized spacial score (nSPS) is 21.2. The third-order valence-electron chi connectivity index (χ3n) is 7.10. The molecule has 0 aliphatic carbocycles. The van der Waals surface area contributed by atoms with E-state index in [9.17, 15) is 4.79 Å². The van der Waals surface area contributed by atoms with Crippen molar-refractivity contribution in [3.63, 3.8) is 0 Å². The highest BCUT2D eigenvalue weighted by atomic mass is 16.1. The molecule has 0 unspecified atom stereocenters. The Morgan fingerprint density at radius 1 is 1.09 bits per heavy atom. The standard InChI is InChI=1S/C25H28N6O/c32-25-24-18(5-3-7-22(24)30-15-19-6-4-10-26-13-20(19)16-30)14-27-31(25)12-9-21-17-29-11-2-1-8-23(29)28-21/h1-3,5,7-8,11,14,17,19-20,26H,4,6,9-10,12-13,15-16H2/t19-,20+/m1/s1. The lowest BCUT2D eigenvalue weighted by Crippen LogP contribution is -2.29. The van der Waals surface area contributed by atoms with Gasteiger partial charge < -0.3 is 14.6 Å². The van der Waals surface area contributed by atoms with Crippen molar-refractivity contribution < 1.29 is 0 Å². The molecule has 1 N–H and O–H groups in total. The molecule has 2 saturated heterocycles. The van der Waals surface area contributed by atoms with Gasteiger partial charge in [0.2, 0.25) is 0 Å². The Bertz CT molecular complexity index is 1280. The maximum absolute atomic E-state index is 13.5. The van der Waals surface area contributed by atoms with E-state index >= 15 is 0 Å². The Labute approximate surface area is 186 Å². The van der Waals surface area contributed by atoms with E-state index in [1.54, 1.807) is 4.68 Å². The molecule has 2 atom stereocenters. The number of nitrogens with one attached hydrogen (secondary N) is 1. The van der Waals surface area contributed by atoms with Crippen LogP contribution in [0.25, 0.3) is 16.4 Å². The van der Waals surface area contributed by atoms with Crippen LogP contribution >= 0.6 is 0 Å². The van der Waals surface area contributed by atoms with Crippen LogP contribution in [0.15, 0.2) is 59.8 Å². The van der Waals surface area contributed by atoms with Crippen LogP contribution in [-0.4, -0.2) is 45.3 Å². The van der Waals surface area contributed by atoms with Gasteiger partial charge in [0.25, 0.3) is 5.56 Å². The van der Waals surface area contributed by atoms with Crippen molar-refractivity contribution in [2.24, 2.45) is 11.8 Å². The maximum atomic E-state index is 13.5. The number of hydrogen-bond acceptors (Lipinski definition) is 5. The number of pyridine rings is 1. The third kappa shape index (κ3) is 3.46. The minimum atomic E-state index is -0.00733. The number of rotatable bonds is 4. The molecule has 0 radical (unpaired) electrons. The second kappa shape index (κ2) is 8.06. The van der Waals surface area contributed by atoms with Crippen molar-refractivity contribution >= 4 is 22.1 Å². The first-order valence-corrected chi connectivity index (χ1v) is 11.6. The van der Waals surface area contributed by atoms with Gasteiger partial charge >= 0.3 is 0 Å². The Balaban J connectivity index is 1.30. The summed E-state index contributed by atoms with van der Waals surface area (Å²) in [6, 6.07) is 12.1. The summed E-state index contributed by atoms with van der Waals surface area (Å²) in [6.45, 7) is 4.77. The molecular weight excluding hydrogens is 400 g/mol. The second-order valence-electron chi connectivity index (χ2n) is 9.13. The molecule has 0 bridgehead atoms. The van der Waals surface area contributed by atoms with E-state index in [0.717, 1.165) is 54.0 Å². The summed E-state index contributed by atoms with van der Waals surface area (Å²) >= 11 is 0. The van der Waals surface area contributed by atoms with Crippen molar-refractivity contribution in [2.45, 2.75) is 25.8 Å². The predicted octanol–water partition coefficient (Wildman–Crippen LogP) is 2.72. The van der Waals surface area contributed by atoms with Crippen LogP contribution in [0.2, 0.25) is 0 Å². The topological polar surface area (TPSA) is 67.5 Å². The zero-order valence-electron chi connectivity index (χ0n) is 18.2. The maximum Gasteiger partial charge on any atom is 0.276 e.